The van der Waals surface area contributed by atoms with Gasteiger partial charge >= 0.3 is 0 Å². The van der Waals surface area contributed by atoms with Crippen molar-refractivity contribution >= 4 is 0 Å². The lowest BCUT2D eigenvalue weighted by Gasteiger charge is -1.65. The van der Waals surface area contributed by atoms with Crippen molar-refractivity contribution in [1.29, 1.82) is 0 Å². The Hall–Kier alpha value is 0.880. The smallest absolute Gasteiger partial charge is 0.124 e. The van der Waals surface area contributed by atoms with Gasteiger partial charge in [-0.2, -0.15) is 0 Å². The van der Waals surface area contributed by atoms with E-state index < -0.39 is 0 Å². The molecule has 6 heavy (non-hydrogen) atoms. The van der Waals surface area contributed by atoms with Crippen LogP contribution in [0.25, 0.3) is 0 Å². The minimum absolute atomic E-state index is 0. The van der Waals surface area contributed by atoms with Gasteiger partial charge in [-0.15, -0.1) is 0 Å². The van der Waals surface area contributed by atoms with Gasteiger partial charge in [0.05, 0.1) is 0 Å². The van der Waals surface area contributed by atoms with E-state index in [2.05, 4.69) is 11.5 Å². The van der Waals surface area contributed by atoms with Gasteiger partial charge in [0.1, 0.15) is 13.1 Å². The Labute approximate surface area is 58.8 Å². The van der Waals surface area contributed by atoms with Crippen molar-refractivity contribution in [3.8, 4) is 0 Å². The standard InChI is InChI=1S/C2H8N2.2BrH/c3-1-2-4;;/h1-4H2;2*1H. The van der Waals surface area contributed by atoms with Crippen LogP contribution in [0, 0.1) is 0 Å². The molecule has 0 radical (unpaired) electrons. The Morgan fingerprint density at radius 2 is 1.00 bits per heavy atom. The molecule has 6 N–H and O–H groups in total. The van der Waals surface area contributed by atoms with E-state index in [0.717, 1.165) is 13.1 Å². The Morgan fingerprint density at radius 3 is 1.00 bits per heavy atom. The quantitative estimate of drug-likeness (QED) is 0.442. The number of hydrogen-bond acceptors (Lipinski definition) is 0. The maximum Gasteiger partial charge on any atom is 0.124 e. The second kappa shape index (κ2) is 16.9. The van der Waals surface area contributed by atoms with Crippen molar-refractivity contribution in [2.24, 2.45) is 0 Å². The molecule has 0 aliphatic carbocycles. The lowest BCUT2D eigenvalue weighted by molar-refractivity contribution is -0.453. The minimum atomic E-state index is 0. The third-order valence-corrected chi connectivity index (χ3v) is 0.250. The van der Waals surface area contributed by atoms with Crippen LogP contribution in [0.2, 0.25) is 0 Å². The highest BCUT2D eigenvalue weighted by atomic mass is 79.9. The monoisotopic (exact) mass is 220 g/mol. The van der Waals surface area contributed by atoms with E-state index in [4.69, 9.17) is 0 Å². The summed E-state index contributed by atoms with van der Waals surface area (Å²) in [6.07, 6.45) is 0. The summed E-state index contributed by atoms with van der Waals surface area (Å²) in [7, 11) is 0. The van der Waals surface area contributed by atoms with Gasteiger partial charge in [-0.05, 0) is 0 Å². The summed E-state index contributed by atoms with van der Waals surface area (Å²) in [4.78, 5) is 0. The van der Waals surface area contributed by atoms with Crippen LogP contribution < -0.4 is 45.4 Å². The minimum Gasteiger partial charge on any atom is -1.00 e. The summed E-state index contributed by atoms with van der Waals surface area (Å²) >= 11 is 0. The van der Waals surface area contributed by atoms with Crippen LogP contribution in [-0.4, -0.2) is 13.1 Å². The van der Waals surface area contributed by atoms with Crippen molar-refractivity contribution in [3.05, 3.63) is 0 Å². The average Bonchev–Trinajstić information content (AvgIpc) is 1.37. The normalized spacial score (nSPS) is 5.00. The number of rotatable bonds is 1. The van der Waals surface area contributed by atoms with Crippen molar-refractivity contribution in [2.45, 2.75) is 0 Å². The van der Waals surface area contributed by atoms with Gasteiger partial charge in [0.2, 0.25) is 0 Å². The first-order chi connectivity index (χ1) is 1.91. The molecule has 0 spiro atoms. The van der Waals surface area contributed by atoms with E-state index in [0.29, 0.717) is 0 Å². The van der Waals surface area contributed by atoms with E-state index in [-0.39, 0.29) is 34.0 Å². The summed E-state index contributed by atoms with van der Waals surface area (Å²) in [5.74, 6) is 0. The average molecular weight is 222 g/mol. The van der Waals surface area contributed by atoms with Crippen LogP contribution >= 0.6 is 0 Å². The molecule has 0 amide bonds. The first-order valence-electron chi connectivity index (χ1n) is 1.50. The van der Waals surface area contributed by atoms with Crippen LogP contribution in [-0.2, 0) is 0 Å². The number of halogens is 2. The molecule has 0 saturated heterocycles. The molecule has 0 aliphatic heterocycles. The fraction of sp³-hybridized carbons (Fsp3) is 1.00. The molecule has 0 aromatic rings. The highest BCUT2D eigenvalue weighted by Crippen LogP contribution is 1.12. The molecule has 2 nitrogen and oxygen atoms in total. The molecular formula is C2H10Br2N2. The Morgan fingerprint density at radius 1 is 0.833 bits per heavy atom. The van der Waals surface area contributed by atoms with E-state index >= 15 is 0 Å². The van der Waals surface area contributed by atoms with Gasteiger partial charge < -0.3 is 45.4 Å². The van der Waals surface area contributed by atoms with Crippen molar-refractivity contribution in [3.63, 3.8) is 0 Å². The molecule has 0 rings (SSSR count). The zero-order valence-electron chi connectivity index (χ0n) is 3.58. The molecule has 0 aromatic carbocycles. The van der Waals surface area contributed by atoms with Gasteiger partial charge in [-0.1, -0.05) is 0 Å². The van der Waals surface area contributed by atoms with Gasteiger partial charge in [0, 0.05) is 0 Å². The van der Waals surface area contributed by atoms with E-state index in [1.165, 1.54) is 0 Å². The van der Waals surface area contributed by atoms with E-state index in [9.17, 15) is 0 Å². The maximum absolute atomic E-state index is 3.54. The predicted octanol–water partition coefficient (Wildman–Crippen LogP) is -8.52. The maximum atomic E-state index is 3.54. The summed E-state index contributed by atoms with van der Waals surface area (Å²) in [5, 5.41) is 0. The fourth-order valence-electron chi connectivity index (χ4n) is 0. The number of quaternary nitrogens is 2. The van der Waals surface area contributed by atoms with Crippen LogP contribution in [0.15, 0.2) is 0 Å². The van der Waals surface area contributed by atoms with Crippen LogP contribution in [0.4, 0.5) is 0 Å². The van der Waals surface area contributed by atoms with Crippen molar-refractivity contribution in [1.82, 2.24) is 0 Å². The van der Waals surface area contributed by atoms with Crippen LogP contribution in [0.1, 0.15) is 0 Å². The lowest BCUT2D eigenvalue weighted by atomic mass is 10.7. The Kier molecular flexibility index (Phi) is 44.5. The SMILES string of the molecule is [Br-].[Br-].[NH3+]CC[NH3+]. The zero-order valence-corrected chi connectivity index (χ0v) is 6.76. The summed E-state index contributed by atoms with van der Waals surface area (Å²) in [6.45, 7) is 1.92. The molecule has 0 heterocycles. The zero-order chi connectivity index (χ0) is 3.41. The van der Waals surface area contributed by atoms with Crippen LogP contribution in [0.3, 0.4) is 0 Å². The van der Waals surface area contributed by atoms with Gasteiger partial charge in [0.15, 0.2) is 0 Å². The van der Waals surface area contributed by atoms with E-state index in [1.54, 1.807) is 0 Å². The Bertz CT molecular complexity index is 11.5. The highest BCUT2D eigenvalue weighted by Gasteiger charge is 1.63. The molecular weight excluding hydrogens is 212 g/mol. The number of hydrogen-bond donors (Lipinski definition) is 2. The highest BCUT2D eigenvalue weighted by molar-refractivity contribution is 4.00. The molecule has 42 valence electrons. The molecule has 0 unspecified atom stereocenters. The first kappa shape index (κ1) is 15.8. The van der Waals surface area contributed by atoms with Gasteiger partial charge in [-0.25, -0.2) is 0 Å². The summed E-state index contributed by atoms with van der Waals surface area (Å²) < 4.78 is 0. The molecule has 0 atom stereocenters. The molecule has 0 aromatic heterocycles. The molecule has 0 bridgehead atoms. The van der Waals surface area contributed by atoms with Gasteiger partial charge in [0.25, 0.3) is 0 Å². The molecule has 0 fully saturated rings. The second-order valence-corrected chi connectivity index (χ2v) is 0.707. The lowest BCUT2D eigenvalue weighted by Crippen LogP contribution is -3.00. The first-order valence-corrected chi connectivity index (χ1v) is 1.50. The predicted molar refractivity (Wildman–Crippen MR) is 15.5 cm³/mol. The van der Waals surface area contributed by atoms with Crippen LogP contribution in [0.5, 0.6) is 0 Å². The third kappa shape index (κ3) is 20.8. The van der Waals surface area contributed by atoms with Gasteiger partial charge in [-0.3, -0.25) is 0 Å². The van der Waals surface area contributed by atoms with Crippen molar-refractivity contribution in [2.75, 3.05) is 13.1 Å². The third-order valence-electron chi connectivity index (χ3n) is 0.250. The molecule has 0 aliphatic rings. The van der Waals surface area contributed by atoms with E-state index in [1.807, 2.05) is 0 Å². The Balaban J connectivity index is -0.0000000450. The fourth-order valence-corrected chi connectivity index (χ4v) is 0. The summed E-state index contributed by atoms with van der Waals surface area (Å²) in [5.41, 5.74) is 7.08. The molecule has 0 saturated carbocycles. The molecule has 4 heteroatoms. The summed E-state index contributed by atoms with van der Waals surface area (Å²) in [6, 6.07) is 0. The second-order valence-electron chi connectivity index (χ2n) is 0.707. The largest absolute Gasteiger partial charge is 1.00 e. The van der Waals surface area contributed by atoms with Crippen molar-refractivity contribution < 1.29 is 45.4 Å². The topological polar surface area (TPSA) is 55.3 Å².